The van der Waals surface area contributed by atoms with E-state index in [1.54, 1.807) is 0 Å². The molecule has 0 bridgehead atoms. The number of carboxylic acid groups (broad SMARTS) is 2. The Bertz CT molecular complexity index is 699. The molecular formula is C17H25N3O6. The SMILES string of the molecule is CC(Cc1c[nH]c2ccccc12)NCCN.O=C(O)C(O)C(O)C(=O)O. The van der Waals surface area contributed by atoms with Crippen molar-refractivity contribution in [3.63, 3.8) is 0 Å². The molecule has 0 aliphatic heterocycles. The molecule has 0 saturated carbocycles. The molecule has 0 amide bonds. The van der Waals surface area contributed by atoms with Gasteiger partial charge in [0, 0.05) is 36.2 Å². The van der Waals surface area contributed by atoms with Crippen LogP contribution >= 0.6 is 0 Å². The highest BCUT2D eigenvalue weighted by Gasteiger charge is 2.29. The molecule has 9 nitrogen and oxygen atoms in total. The van der Waals surface area contributed by atoms with Crippen LogP contribution in [0.5, 0.6) is 0 Å². The summed E-state index contributed by atoms with van der Waals surface area (Å²) in [5.74, 6) is -3.54. The predicted molar refractivity (Wildman–Crippen MR) is 95.8 cm³/mol. The summed E-state index contributed by atoms with van der Waals surface area (Å²) in [6, 6.07) is 8.87. The number of H-pyrrole nitrogens is 1. The van der Waals surface area contributed by atoms with Crippen molar-refractivity contribution in [2.24, 2.45) is 5.73 Å². The number of hydrogen-bond acceptors (Lipinski definition) is 6. The molecule has 26 heavy (non-hydrogen) atoms. The summed E-state index contributed by atoms with van der Waals surface area (Å²) < 4.78 is 0. The van der Waals surface area contributed by atoms with Gasteiger partial charge in [-0.25, -0.2) is 9.59 Å². The van der Waals surface area contributed by atoms with E-state index >= 15 is 0 Å². The number of nitrogens with one attached hydrogen (secondary N) is 2. The lowest BCUT2D eigenvalue weighted by molar-refractivity contribution is -0.165. The van der Waals surface area contributed by atoms with Gasteiger partial charge in [0.1, 0.15) is 0 Å². The Kier molecular flexibility index (Phi) is 8.73. The first kappa shape index (κ1) is 21.6. The maximum absolute atomic E-state index is 9.77. The number of aliphatic hydroxyl groups is 2. The van der Waals surface area contributed by atoms with Gasteiger partial charge in [-0.2, -0.15) is 0 Å². The highest BCUT2D eigenvalue weighted by Crippen LogP contribution is 2.18. The van der Waals surface area contributed by atoms with Gasteiger partial charge in [0.25, 0.3) is 0 Å². The fourth-order valence-corrected chi connectivity index (χ4v) is 2.30. The van der Waals surface area contributed by atoms with Crippen LogP contribution in [0.2, 0.25) is 0 Å². The standard InChI is InChI=1S/C13H19N3.C4H6O6/c1-10(15-7-6-14)8-11-9-16-13-5-3-2-4-12(11)13;5-1(3(7)8)2(6)4(9)10/h2-5,9-10,15-16H,6-8,14H2,1H3;1-2,5-6H,(H,7,8)(H,9,10). The summed E-state index contributed by atoms with van der Waals surface area (Å²) in [5.41, 5.74) is 8.05. The number of fused-ring (bicyclic) bond motifs is 1. The Labute approximate surface area is 150 Å². The Morgan fingerprint density at radius 2 is 1.73 bits per heavy atom. The fraction of sp³-hybridized carbons (Fsp3) is 0.412. The molecule has 0 spiro atoms. The molecule has 2 rings (SSSR count). The Morgan fingerprint density at radius 1 is 1.15 bits per heavy atom. The summed E-state index contributed by atoms with van der Waals surface area (Å²) in [6.07, 6.45) is -1.40. The number of nitrogens with two attached hydrogens (primary N) is 1. The highest BCUT2D eigenvalue weighted by molar-refractivity contribution is 5.83. The number of aliphatic hydroxyl groups excluding tert-OH is 2. The first-order chi connectivity index (χ1) is 12.3. The molecule has 0 radical (unpaired) electrons. The molecule has 1 heterocycles. The maximum Gasteiger partial charge on any atom is 0.335 e. The van der Waals surface area contributed by atoms with Gasteiger partial charge in [0.2, 0.25) is 0 Å². The molecule has 0 saturated heterocycles. The lowest BCUT2D eigenvalue weighted by Gasteiger charge is -2.12. The quantitative estimate of drug-likeness (QED) is 0.328. The van der Waals surface area contributed by atoms with Crippen LogP contribution < -0.4 is 11.1 Å². The van der Waals surface area contributed by atoms with E-state index in [2.05, 4.69) is 47.7 Å². The van der Waals surface area contributed by atoms with E-state index < -0.39 is 24.1 Å². The minimum absolute atomic E-state index is 0.461. The summed E-state index contributed by atoms with van der Waals surface area (Å²) in [5, 5.41) is 37.2. The minimum atomic E-state index is -2.27. The number of para-hydroxylation sites is 1. The van der Waals surface area contributed by atoms with E-state index in [4.69, 9.17) is 26.2 Å². The van der Waals surface area contributed by atoms with Gasteiger partial charge in [-0.3, -0.25) is 0 Å². The number of carboxylic acids is 2. The molecule has 3 unspecified atom stereocenters. The van der Waals surface area contributed by atoms with Crippen molar-refractivity contribution >= 4 is 22.8 Å². The fourth-order valence-electron chi connectivity index (χ4n) is 2.30. The van der Waals surface area contributed by atoms with Gasteiger partial charge in [0.15, 0.2) is 12.2 Å². The van der Waals surface area contributed by atoms with Crippen LogP contribution in [0, 0.1) is 0 Å². The number of benzene rings is 1. The molecule has 144 valence electrons. The van der Waals surface area contributed by atoms with E-state index in [0.717, 1.165) is 13.0 Å². The topological polar surface area (TPSA) is 169 Å². The second-order valence-corrected chi connectivity index (χ2v) is 5.77. The zero-order valence-corrected chi connectivity index (χ0v) is 14.4. The summed E-state index contributed by atoms with van der Waals surface area (Å²) in [6.45, 7) is 3.76. The van der Waals surface area contributed by atoms with Gasteiger partial charge in [-0.15, -0.1) is 0 Å². The second kappa shape index (κ2) is 10.5. The van der Waals surface area contributed by atoms with Crippen LogP contribution in [0.1, 0.15) is 12.5 Å². The van der Waals surface area contributed by atoms with Crippen molar-refractivity contribution in [1.82, 2.24) is 10.3 Å². The van der Waals surface area contributed by atoms with Crippen molar-refractivity contribution < 1.29 is 30.0 Å². The zero-order chi connectivity index (χ0) is 19.7. The third-order valence-electron chi connectivity index (χ3n) is 3.64. The van der Waals surface area contributed by atoms with Crippen molar-refractivity contribution in [2.45, 2.75) is 31.6 Å². The lowest BCUT2D eigenvalue weighted by Crippen LogP contribution is -2.39. The molecule has 2 aromatic rings. The number of aromatic nitrogens is 1. The van der Waals surface area contributed by atoms with E-state index in [0.29, 0.717) is 12.6 Å². The molecule has 8 N–H and O–H groups in total. The maximum atomic E-state index is 9.77. The average Bonchev–Trinajstić information content (AvgIpc) is 3.02. The summed E-state index contributed by atoms with van der Waals surface area (Å²) >= 11 is 0. The van der Waals surface area contributed by atoms with Crippen molar-refractivity contribution in [3.8, 4) is 0 Å². The van der Waals surface area contributed by atoms with Crippen LogP contribution in [0.25, 0.3) is 10.9 Å². The number of carbonyl (C=O) groups is 2. The molecule has 0 fully saturated rings. The van der Waals surface area contributed by atoms with Crippen LogP contribution in [0.15, 0.2) is 30.5 Å². The number of hydrogen-bond donors (Lipinski definition) is 7. The Morgan fingerprint density at radius 3 is 2.27 bits per heavy atom. The minimum Gasteiger partial charge on any atom is -0.479 e. The monoisotopic (exact) mass is 367 g/mol. The summed E-state index contributed by atoms with van der Waals surface area (Å²) in [4.78, 5) is 22.8. The largest absolute Gasteiger partial charge is 0.479 e. The van der Waals surface area contributed by atoms with Crippen LogP contribution in [0.3, 0.4) is 0 Å². The summed E-state index contributed by atoms with van der Waals surface area (Å²) in [7, 11) is 0. The van der Waals surface area contributed by atoms with Gasteiger partial charge in [-0.1, -0.05) is 18.2 Å². The first-order valence-electron chi connectivity index (χ1n) is 8.08. The van der Waals surface area contributed by atoms with Gasteiger partial charge in [0.05, 0.1) is 0 Å². The third kappa shape index (κ3) is 6.45. The zero-order valence-electron chi connectivity index (χ0n) is 14.4. The number of aromatic amines is 1. The highest BCUT2D eigenvalue weighted by atomic mass is 16.4. The molecule has 1 aromatic heterocycles. The van der Waals surface area contributed by atoms with Gasteiger partial charge in [-0.05, 0) is 25.0 Å². The lowest BCUT2D eigenvalue weighted by atomic mass is 10.1. The molecule has 0 aliphatic carbocycles. The van der Waals surface area contributed by atoms with E-state index in [-0.39, 0.29) is 0 Å². The molecule has 0 aliphatic rings. The molecule has 9 heteroatoms. The van der Waals surface area contributed by atoms with E-state index in [9.17, 15) is 9.59 Å². The van der Waals surface area contributed by atoms with Gasteiger partial charge < -0.3 is 36.5 Å². The van der Waals surface area contributed by atoms with E-state index in [1.165, 1.54) is 16.5 Å². The van der Waals surface area contributed by atoms with Crippen LogP contribution in [0.4, 0.5) is 0 Å². The molecule has 1 aromatic carbocycles. The van der Waals surface area contributed by atoms with Crippen molar-refractivity contribution in [2.75, 3.05) is 13.1 Å². The van der Waals surface area contributed by atoms with Gasteiger partial charge >= 0.3 is 11.9 Å². The van der Waals surface area contributed by atoms with Crippen molar-refractivity contribution in [3.05, 3.63) is 36.0 Å². The predicted octanol–water partition coefficient (Wildman–Crippen LogP) is -0.475. The normalized spacial score (nSPS) is 14.2. The second-order valence-electron chi connectivity index (χ2n) is 5.77. The van der Waals surface area contributed by atoms with Crippen LogP contribution in [-0.2, 0) is 16.0 Å². The first-order valence-corrected chi connectivity index (χ1v) is 8.08. The number of aliphatic carboxylic acids is 2. The van der Waals surface area contributed by atoms with Crippen molar-refractivity contribution in [1.29, 1.82) is 0 Å². The van der Waals surface area contributed by atoms with Crippen LogP contribution in [-0.4, -0.2) is 68.7 Å². The molecule has 3 atom stereocenters. The Balaban J connectivity index is 0.000000294. The third-order valence-corrected chi connectivity index (χ3v) is 3.64. The Hall–Kier alpha value is -2.46. The smallest absolute Gasteiger partial charge is 0.335 e. The number of rotatable bonds is 8. The van der Waals surface area contributed by atoms with E-state index in [1.807, 2.05) is 0 Å². The average molecular weight is 367 g/mol. The molecular weight excluding hydrogens is 342 g/mol.